The second kappa shape index (κ2) is 12.3. The minimum absolute atomic E-state index is 0.178. The van der Waals surface area contributed by atoms with Crippen LogP contribution < -0.4 is 20.1 Å². The van der Waals surface area contributed by atoms with Gasteiger partial charge in [-0.3, -0.25) is 24.1 Å². The SMILES string of the molecule is COc1cc(/C=C2\SC(=O)N(CC(=O)Nc3cc(C)cc(C)c3)C2=O)ccc1OCC(=O)Nc1ccccc1. The number of ether oxygens (including phenoxy) is 2. The average Bonchev–Trinajstić information content (AvgIpc) is 3.15. The largest absolute Gasteiger partial charge is 0.493 e. The van der Waals surface area contributed by atoms with E-state index in [1.165, 1.54) is 7.11 Å². The van der Waals surface area contributed by atoms with Gasteiger partial charge in [0.1, 0.15) is 6.54 Å². The van der Waals surface area contributed by atoms with Gasteiger partial charge in [-0.1, -0.05) is 30.3 Å². The molecule has 9 nitrogen and oxygen atoms in total. The first-order valence-electron chi connectivity index (χ1n) is 12.0. The first-order valence-corrected chi connectivity index (χ1v) is 12.8. The molecular weight excluding hydrogens is 518 g/mol. The summed E-state index contributed by atoms with van der Waals surface area (Å²) in [6.07, 6.45) is 1.54. The lowest BCUT2D eigenvalue weighted by molar-refractivity contribution is -0.127. The molecular formula is C29H27N3O6S. The van der Waals surface area contributed by atoms with Crippen LogP contribution in [0.5, 0.6) is 11.5 Å². The van der Waals surface area contributed by atoms with Gasteiger partial charge in [-0.25, -0.2) is 0 Å². The molecule has 0 bridgehead atoms. The van der Waals surface area contributed by atoms with Crippen LogP contribution in [-0.4, -0.2) is 48.1 Å². The molecule has 10 heteroatoms. The molecule has 0 spiro atoms. The van der Waals surface area contributed by atoms with E-state index in [0.717, 1.165) is 27.8 Å². The first-order chi connectivity index (χ1) is 18.7. The van der Waals surface area contributed by atoms with Crippen molar-refractivity contribution in [3.63, 3.8) is 0 Å². The monoisotopic (exact) mass is 545 g/mol. The smallest absolute Gasteiger partial charge is 0.294 e. The minimum Gasteiger partial charge on any atom is -0.493 e. The number of imide groups is 1. The van der Waals surface area contributed by atoms with E-state index in [1.54, 1.807) is 36.4 Å². The maximum absolute atomic E-state index is 12.9. The predicted molar refractivity (Wildman–Crippen MR) is 151 cm³/mol. The van der Waals surface area contributed by atoms with Crippen LogP contribution in [0.25, 0.3) is 6.08 Å². The third kappa shape index (κ3) is 7.26. The minimum atomic E-state index is -0.558. The van der Waals surface area contributed by atoms with Crippen LogP contribution in [0.1, 0.15) is 16.7 Å². The van der Waals surface area contributed by atoms with Crippen molar-refractivity contribution in [3.05, 3.63) is 88.3 Å². The number of para-hydroxylation sites is 1. The topological polar surface area (TPSA) is 114 Å². The third-order valence-electron chi connectivity index (χ3n) is 5.58. The average molecular weight is 546 g/mol. The zero-order valence-corrected chi connectivity index (χ0v) is 22.5. The number of anilines is 2. The highest BCUT2D eigenvalue weighted by Crippen LogP contribution is 2.34. The van der Waals surface area contributed by atoms with E-state index in [1.807, 2.05) is 50.2 Å². The van der Waals surface area contributed by atoms with E-state index in [2.05, 4.69) is 10.6 Å². The second-order valence-electron chi connectivity index (χ2n) is 8.81. The van der Waals surface area contributed by atoms with Gasteiger partial charge in [-0.2, -0.15) is 0 Å². The Labute approximate surface area is 230 Å². The zero-order valence-electron chi connectivity index (χ0n) is 21.6. The van der Waals surface area contributed by atoms with Gasteiger partial charge >= 0.3 is 0 Å². The molecule has 4 amide bonds. The fourth-order valence-electron chi connectivity index (χ4n) is 3.93. The van der Waals surface area contributed by atoms with Crippen LogP contribution in [0.2, 0.25) is 0 Å². The Morgan fingerprint density at radius 2 is 1.56 bits per heavy atom. The highest BCUT2D eigenvalue weighted by atomic mass is 32.2. The molecule has 3 aromatic rings. The lowest BCUT2D eigenvalue weighted by Crippen LogP contribution is -2.36. The summed E-state index contributed by atoms with van der Waals surface area (Å²) in [6, 6.07) is 19.5. The van der Waals surface area contributed by atoms with Crippen molar-refractivity contribution in [1.82, 2.24) is 4.90 Å². The molecule has 4 rings (SSSR count). The summed E-state index contributed by atoms with van der Waals surface area (Å²) in [4.78, 5) is 51.2. The van der Waals surface area contributed by atoms with E-state index >= 15 is 0 Å². The maximum atomic E-state index is 12.9. The van der Waals surface area contributed by atoms with Crippen molar-refractivity contribution < 1.29 is 28.7 Å². The normalized spacial score (nSPS) is 13.9. The highest BCUT2D eigenvalue weighted by Gasteiger charge is 2.36. The number of amides is 4. The Morgan fingerprint density at radius 3 is 2.26 bits per heavy atom. The molecule has 1 heterocycles. The summed E-state index contributed by atoms with van der Waals surface area (Å²) in [5.74, 6) is -0.666. The number of carbonyl (C=O) groups excluding carboxylic acids is 4. The first kappa shape index (κ1) is 27.5. The molecule has 1 aliphatic rings. The number of nitrogens with one attached hydrogen (secondary N) is 2. The lowest BCUT2D eigenvalue weighted by atomic mass is 10.1. The number of rotatable bonds is 9. The summed E-state index contributed by atoms with van der Waals surface area (Å²) in [7, 11) is 1.46. The van der Waals surface area contributed by atoms with E-state index in [-0.39, 0.29) is 17.4 Å². The van der Waals surface area contributed by atoms with Crippen molar-refractivity contribution in [2.24, 2.45) is 0 Å². The molecule has 39 heavy (non-hydrogen) atoms. The maximum Gasteiger partial charge on any atom is 0.294 e. The molecule has 0 radical (unpaired) electrons. The predicted octanol–water partition coefficient (Wildman–Crippen LogP) is 5.00. The standard InChI is InChI=1S/C29H27N3O6S/c1-18-11-19(2)13-22(12-18)31-26(33)16-32-28(35)25(39-29(32)36)15-20-9-10-23(24(14-20)37-3)38-17-27(34)30-21-7-5-4-6-8-21/h4-15H,16-17H2,1-3H3,(H,30,34)(H,31,33)/b25-15-. The molecule has 0 aliphatic carbocycles. The number of methoxy groups -OCH3 is 1. The quantitative estimate of drug-likeness (QED) is 0.364. The molecule has 1 aliphatic heterocycles. The van der Waals surface area contributed by atoms with Crippen LogP contribution in [-0.2, 0) is 14.4 Å². The Hall–Kier alpha value is -4.57. The Bertz CT molecular complexity index is 1430. The van der Waals surface area contributed by atoms with Gasteiger partial charge in [-0.05, 0) is 84.8 Å². The molecule has 3 aromatic carbocycles. The third-order valence-corrected chi connectivity index (χ3v) is 6.49. The number of nitrogens with zero attached hydrogens (tertiary/aromatic N) is 1. The number of aryl methyl sites for hydroxylation is 2. The fourth-order valence-corrected chi connectivity index (χ4v) is 4.77. The van der Waals surface area contributed by atoms with E-state index in [4.69, 9.17) is 9.47 Å². The van der Waals surface area contributed by atoms with Gasteiger partial charge in [-0.15, -0.1) is 0 Å². The number of hydrogen-bond acceptors (Lipinski definition) is 7. The molecule has 0 aromatic heterocycles. The number of thioether (sulfide) groups is 1. The molecule has 200 valence electrons. The van der Waals surface area contributed by atoms with E-state index in [0.29, 0.717) is 28.4 Å². The summed E-state index contributed by atoms with van der Waals surface area (Å²) in [6.45, 7) is 3.21. The van der Waals surface area contributed by atoms with Crippen LogP contribution >= 0.6 is 11.8 Å². The van der Waals surface area contributed by atoms with E-state index in [9.17, 15) is 19.2 Å². The molecule has 1 saturated heterocycles. The van der Waals surface area contributed by atoms with Gasteiger partial charge in [0.2, 0.25) is 5.91 Å². The second-order valence-corrected chi connectivity index (χ2v) is 9.80. The molecule has 1 fully saturated rings. The van der Waals surface area contributed by atoms with Crippen LogP contribution in [0.4, 0.5) is 16.2 Å². The molecule has 0 saturated carbocycles. The Kier molecular flexibility index (Phi) is 8.67. The number of benzene rings is 3. The number of hydrogen-bond donors (Lipinski definition) is 2. The number of carbonyl (C=O) groups is 4. The van der Waals surface area contributed by atoms with Crippen LogP contribution in [0, 0.1) is 13.8 Å². The van der Waals surface area contributed by atoms with Crippen LogP contribution in [0.15, 0.2) is 71.6 Å². The lowest BCUT2D eigenvalue weighted by Gasteiger charge is -2.13. The summed E-state index contributed by atoms with van der Waals surface area (Å²) >= 11 is 0.756. The van der Waals surface area contributed by atoms with Crippen molar-refractivity contribution in [1.29, 1.82) is 0 Å². The summed E-state index contributed by atoms with van der Waals surface area (Å²) in [5.41, 5.74) is 3.82. The molecule has 0 unspecified atom stereocenters. The van der Waals surface area contributed by atoms with Crippen molar-refractivity contribution >= 4 is 52.2 Å². The van der Waals surface area contributed by atoms with Crippen molar-refractivity contribution in [2.75, 3.05) is 30.9 Å². The van der Waals surface area contributed by atoms with Crippen molar-refractivity contribution in [2.45, 2.75) is 13.8 Å². The van der Waals surface area contributed by atoms with E-state index < -0.39 is 23.6 Å². The Balaban J connectivity index is 1.39. The fraction of sp³-hybridized carbons (Fsp3) is 0.172. The Morgan fingerprint density at radius 1 is 0.872 bits per heavy atom. The van der Waals surface area contributed by atoms with Gasteiger partial charge in [0.05, 0.1) is 12.0 Å². The van der Waals surface area contributed by atoms with Crippen molar-refractivity contribution in [3.8, 4) is 11.5 Å². The van der Waals surface area contributed by atoms with Gasteiger partial charge in [0.15, 0.2) is 18.1 Å². The van der Waals surface area contributed by atoms with Gasteiger partial charge < -0.3 is 20.1 Å². The highest BCUT2D eigenvalue weighted by molar-refractivity contribution is 8.18. The van der Waals surface area contributed by atoms with Gasteiger partial charge in [0, 0.05) is 11.4 Å². The van der Waals surface area contributed by atoms with Gasteiger partial charge in [0.25, 0.3) is 17.1 Å². The molecule has 0 atom stereocenters. The summed E-state index contributed by atoms with van der Waals surface area (Å²) in [5, 5.41) is 4.94. The zero-order chi connectivity index (χ0) is 27.9. The van der Waals surface area contributed by atoms with Crippen LogP contribution in [0.3, 0.4) is 0 Å². The summed E-state index contributed by atoms with van der Waals surface area (Å²) < 4.78 is 11.0. The molecule has 2 N–H and O–H groups in total.